The van der Waals surface area contributed by atoms with Crippen molar-refractivity contribution in [3.8, 4) is 0 Å². The molecular formula is C25H41N3O2. The summed E-state index contributed by atoms with van der Waals surface area (Å²) in [5, 5.41) is 6.44. The molecule has 2 N–H and O–H groups in total. The minimum Gasteiger partial charge on any atom is -0.378 e. The molecular weight excluding hydrogens is 374 g/mol. The van der Waals surface area contributed by atoms with Crippen LogP contribution in [-0.4, -0.2) is 49.8 Å². The predicted molar refractivity (Wildman–Crippen MR) is 126 cm³/mol. The van der Waals surface area contributed by atoms with E-state index in [1.807, 2.05) is 23.1 Å². The van der Waals surface area contributed by atoms with Crippen molar-refractivity contribution in [2.24, 2.45) is 0 Å². The van der Waals surface area contributed by atoms with Gasteiger partial charge in [0.15, 0.2) is 0 Å². The van der Waals surface area contributed by atoms with Gasteiger partial charge in [-0.1, -0.05) is 44.9 Å². The molecule has 1 fully saturated rings. The number of hydrogen-bond acceptors (Lipinski definition) is 3. The molecule has 0 aliphatic carbocycles. The number of rotatable bonds is 13. The van der Waals surface area contributed by atoms with E-state index in [0.717, 1.165) is 64.2 Å². The van der Waals surface area contributed by atoms with Crippen LogP contribution in [0.3, 0.4) is 0 Å². The van der Waals surface area contributed by atoms with Crippen LogP contribution in [0, 0.1) is 0 Å². The largest absolute Gasteiger partial charge is 0.378 e. The second-order valence-corrected chi connectivity index (χ2v) is 8.51. The van der Waals surface area contributed by atoms with Crippen molar-refractivity contribution in [3.05, 3.63) is 42.5 Å². The Morgan fingerprint density at radius 1 is 1.13 bits per heavy atom. The molecule has 0 bridgehead atoms. The highest BCUT2D eigenvalue weighted by molar-refractivity contribution is 5.89. The van der Waals surface area contributed by atoms with Gasteiger partial charge in [0.05, 0.1) is 6.10 Å². The zero-order valence-corrected chi connectivity index (χ0v) is 19.0. The standard InChI is InChI=1S/C25H41N3O2/c1-4-5-16-26-17-8-6-7-9-20-30-24-14-18-28(19-15-24)25(29)27-23-12-10-22(11-13-23)21(2)3/h4,10-13,21,24,26H,1,5-9,14-20H2,2-3H3,(H,27,29). The Morgan fingerprint density at radius 3 is 2.50 bits per heavy atom. The first-order valence-corrected chi connectivity index (χ1v) is 11.7. The van der Waals surface area contributed by atoms with Gasteiger partial charge in [0.25, 0.3) is 0 Å². The highest BCUT2D eigenvalue weighted by atomic mass is 16.5. The van der Waals surface area contributed by atoms with Crippen molar-refractivity contribution in [1.29, 1.82) is 0 Å². The van der Waals surface area contributed by atoms with Crippen molar-refractivity contribution >= 4 is 11.7 Å². The van der Waals surface area contributed by atoms with Crippen molar-refractivity contribution in [1.82, 2.24) is 10.2 Å². The number of amides is 2. The lowest BCUT2D eigenvalue weighted by atomic mass is 10.0. The van der Waals surface area contributed by atoms with Crippen molar-refractivity contribution in [2.45, 2.75) is 70.8 Å². The molecule has 1 aliphatic heterocycles. The van der Waals surface area contributed by atoms with Crippen molar-refractivity contribution < 1.29 is 9.53 Å². The smallest absolute Gasteiger partial charge is 0.321 e. The molecule has 30 heavy (non-hydrogen) atoms. The van der Waals surface area contributed by atoms with E-state index in [4.69, 9.17) is 4.74 Å². The van der Waals surface area contributed by atoms with Gasteiger partial charge in [-0.3, -0.25) is 0 Å². The van der Waals surface area contributed by atoms with Gasteiger partial charge in [-0.05, 0) is 68.8 Å². The molecule has 0 saturated carbocycles. The van der Waals surface area contributed by atoms with E-state index in [1.54, 1.807) is 0 Å². The summed E-state index contributed by atoms with van der Waals surface area (Å²) in [6, 6.07) is 8.13. The first kappa shape index (κ1) is 24.4. The number of anilines is 1. The molecule has 2 amide bonds. The lowest BCUT2D eigenvalue weighted by Gasteiger charge is -2.32. The number of piperidine rings is 1. The third kappa shape index (κ3) is 9.31. The molecule has 1 heterocycles. The number of nitrogens with one attached hydrogen (secondary N) is 2. The van der Waals surface area contributed by atoms with E-state index in [-0.39, 0.29) is 6.03 Å². The highest BCUT2D eigenvalue weighted by Crippen LogP contribution is 2.19. The summed E-state index contributed by atoms with van der Waals surface area (Å²) in [7, 11) is 0. The molecule has 168 valence electrons. The van der Waals surface area contributed by atoms with E-state index in [0.29, 0.717) is 12.0 Å². The molecule has 0 spiro atoms. The first-order valence-electron chi connectivity index (χ1n) is 11.7. The molecule has 0 unspecified atom stereocenters. The summed E-state index contributed by atoms with van der Waals surface area (Å²) in [5.41, 5.74) is 2.14. The number of nitrogens with zero attached hydrogens (tertiary/aromatic N) is 1. The van der Waals surface area contributed by atoms with E-state index in [2.05, 4.69) is 43.2 Å². The van der Waals surface area contributed by atoms with E-state index in [9.17, 15) is 4.79 Å². The van der Waals surface area contributed by atoms with Crippen LogP contribution in [0.25, 0.3) is 0 Å². The topological polar surface area (TPSA) is 53.6 Å². The maximum atomic E-state index is 12.5. The molecule has 5 heteroatoms. The quantitative estimate of drug-likeness (QED) is 0.328. The summed E-state index contributed by atoms with van der Waals surface area (Å²) in [6.45, 7) is 12.6. The number of hydrogen-bond donors (Lipinski definition) is 2. The average Bonchev–Trinajstić information content (AvgIpc) is 2.76. The van der Waals surface area contributed by atoms with Crippen LogP contribution in [0.1, 0.15) is 70.3 Å². The second-order valence-electron chi connectivity index (χ2n) is 8.51. The van der Waals surface area contributed by atoms with Crippen LogP contribution in [0.15, 0.2) is 36.9 Å². The molecule has 1 saturated heterocycles. The summed E-state index contributed by atoms with van der Waals surface area (Å²) < 4.78 is 6.04. The molecule has 0 atom stereocenters. The molecule has 1 aromatic carbocycles. The number of urea groups is 1. The molecule has 5 nitrogen and oxygen atoms in total. The van der Waals surface area contributed by atoms with E-state index in [1.165, 1.54) is 24.8 Å². The monoisotopic (exact) mass is 415 g/mol. The van der Waals surface area contributed by atoms with Crippen LogP contribution < -0.4 is 10.6 Å². The fourth-order valence-electron chi connectivity index (χ4n) is 3.66. The zero-order chi connectivity index (χ0) is 21.6. The maximum absolute atomic E-state index is 12.5. The van der Waals surface area contributed by atoms with Gasteiger partial charge in [0, 0.05) is 25.4 Å². The number of unbranched alkanes of at least 4 members (excludes halogenated alkanes) is 3. The number of benzene rings is 1. The number of ether oxygens (including phenoxy) is 1. The Balaban J connectivity index is 1.52. The van der Waals surface area contributed by atoms with Crippen molar-refractivity contribution in [2.75, 3.05) is 38.1 Å². The van der Waals surface area contributed by atoms with Crippen LogP contribution in [-0.2, 0) is 4.74 Å². The molecule has 0 radical (unpaired) electrons. The Morgan fingerprint density at radius 2 is 1.83 bits per heavy atom. The molecule has 0 aromatic heterocycles. The van der Waals surface area contributed by atoms with Gasteiger partial charge < -0.3 is 20.3 Å². The summed E-state index contributed by atoms with van der Waals surface area (Å²) in [6.07, 6.45) is 9.96. The zero-order valence-electron chi connectivity index (χ0n) is 19.0. The third-order valence-corrected chi connectivity index (χ3v) is 5.68. The van der Waals surface area contributed by atoms with E-state index >= 15 is 0 Å². The summed E-state index contributed by atoms with van der Waals surface area (Å²) in [4.78, 5) is 14.4. The van der Waals surface area contributed by atoms with Crippen LogP contribution in [0.4, 0.5) is 10.5 Å². The average molecular weight is 416 g/mol. The van der Waals surface area contributed by atoms with Crippen LogP contribution >= 0.6 is 0 Å². The van der Waals surface area contributed by atoms with Gasteiger partial charge in [0.1, 0.15) is 0 Å². The first-order chi connectivity index (χ1) is 14.6. The molecule has 1 aromatic rings. The van der Waals surface area contributed by atoms with Gasteiger partial charge >= 0.3 is 6.03 Å². The van der Waals surface area contributed by atoms with Gasteiger partial charge in [-0.2, -0.15) is 0 Å². The highest BCUT2D eigenvalue weighted by Gasteiger charge is 2.23. The molecule has 2 rings (SSSR count). The lowest BCUT2D eigenvalue weighted by molar-refractivity contribution is 0.0141. The minimum absolute atomic E-state index is 0.00699. The Labute approximate surface area is 183 Å². The maximum Gasteiger partial charge on any atom is 0.321 e. The van der Waals surface area contributed by atoms with Crippen molar-refractivity contribution in [3.63, 3.8) is 0 Å². The second kappa shape index (κ2) is 14.2. The normalized spacial score (nSPS) is 14.8. The summed E-state index contributed by atoms with van der Waals surface area (Å²) >= 11 is 0. The lowest BCUT2D eigenvalue weighted by Crippen LogP contribution is -2.43. The molecule has 1 aliphatic rings. The van der Waals surface area contributed by atoms with Gasteiger partial charge in [-0.25, -0.2) is 4.79 Å². The fraction of sp³-hybridized carbons (Fsp3) is 0.640. The predicted octanol–water partition coefficient (Wildman–Crippen LogP) is 5.55. The van der Waals surface area contributed by atoms with E-state index < -0.39 is 0 Å². The van der Waals surface area contributed by atoms with Crippen LogP contribution in [0.2, 0.25) is 0 Å². The minimum atomic E-state index is -0.00699. The Kier molecular flexibility index (Phi) is 11.6. The number of likely N-dealkylation sites (tertiary alicyclic amines) is 1. The number of carbonyl (C=O) groups excluding carboxylic acids is 1. The van der Waals surface area contributed by atoms with Gasteiger partial charge in [-0.15, -0.1) is 6.58 Å². The van der Waals surface area contributed by atoms with Gasteiger partial charge in [0.2, 0.25) is 0 Å². The number of carbonyl (C=O) groups is 1. The summed E-state index contributed by atoms with van der Waals surface area (Å²) in [5.74, 6) is 0.498. The third-order valence-electron chi connectivity index (χ3n) is 5.68. The fourth-order valence-corrected chi connectivity index (χ4v) is 3.66. The van der Waals surface area contributed by atoms with Crippen LogP contribution in [0.5, 0.6) is 0 Å². The Bertz CT molecular complexity index is 607. The Hall–Kier alpha value is -1.85. The SMILES string of the molecule is C=CCCNCCCCCCOC1CCN(C(=O)Nc2ccc(C(C)C)cc2)CC1.